The number of rotatable bonds is 6. The average Bonchev–Trinajstić information content (AvgIpc) is 2.15. The van der Waals surface area contributed by atoms with Gasteiger partial charge in [0.05, 0.1) is 16.5 Å². The van der Waals surface area contributed by atoms with E-state index < -0.39 is 14.6 Å². The highest BCUT2D eigenvalue weighted by atomic mass is 32.2. The van der Waals surface area contributed by atoms with Gasteiger partial charge in [0, 0.05) is 13.1 Å². The second-order valence-corrected chi connectivity index (χ2v) is 7.86. The largest absolute Gasteiger partial charge is 0.355 e. The lowest BCUT2D eigenvalue weighted by molar-refractivity contribution is -0.122. The van der Waals surface area contributed by atoms with Gasteiger partial charge >= 0.3 is 0 Å². The minimum atomic E-state index is -3.13. The molecule has 0 aliphatic heterocycles. The van der Waals surface area contributed by atoms with Crippen molar-refractivity contribution in [3.8, 4) is 0 Å². The van der Waals surface area contributed by atoms with Crippen molar-refractivity contribution < 1.29 is 13.2 Å². The van der Waals surface area contributed by atoms with Crippen LogP contribution < -0.4 is 10.6 Å². The molecule has 0 radical (unpaired) electrons. The van der Waals surface area contributed by atoms with Gasteiger partial charge in [0.15, 0.2) is 9.84 Å². The first kappa shape index (κ1) is 16.4. The fraction of sp³-hybridized carbons (Fsp3) is 0.909. The van der Waals surface area contributed by atoms with E-state index in [4.69, 9.17) is 0 Å². The quantitative estimate of drug-likeness (QED) is 0.724. The Morgan fingerprint density at radius 1 is 1.29 bits per heavy atom. The summed E-state index contributed by atoms with van der Waals surface area (Å²) in [5.41, 5.74) is 0. The molecule has 0 heterocycles. The van der Waals surface area contributed by atoms with E-state index in [0.29, 0.717) is 6.54 Å². The van der Waals surface area contributed by atoms with Crippen molar-refractivity contribution >= 4 is 15.7 Å². The van der Waals surface area contributed by atoms with Crippen molar-refractivity contribution in [3.05, 3.63) is 0 Å². The standard InChI is InChI=1S/C11H24N2O3S/c1-6-12-10(14)9(2)13-7-8-17(15,16)11(3,4)5/h9,13H,6-8H2,1-5H3,(H,12,14). The van der Waals surface area contributed by atoms with Gasteiger partial charge in [-0.15, -0.1) is 0 Å². The SMILES string of the molecule is CCNC(=O)C(C)NCCS(=O)(=O)C(C)(C)C. The zero-order valence-corrected chi connectivity index (χ0v) is 12.1. The summed E-state index contributed by atoms with van der Waals surface area (Å²) in [5, 5.41) is 5.58. The molecule has 0 aliphatic rings. The molecule has 0 saturated carbocycles. The summed E-state index contributed by atoms with van der Waals surface area (Å²) in [4.78, 5) is 11.4. The van der Waals surface area contributed by atoms with Crippen LogP contribution in [0.25, 0.3) is 0 Å². The Kier molecular flexibility index (Phi) is 6.12. The molecular weight excluding hydrogens is 240 g/mol. The molecule has 0 aliphatic carbocycles. The highest BCUT2D eigenvalue weighted by molar-refractivity contribution is 7.92. The van der Waals surface area contributed by atoms with E-state index in [1.54, 1.807) is 27.7 Å². The number of amides is 1. The van der Waals surface area contributed by atoms with Gasteiger partial charge in [-0.3, -0.25) is 4.79 Å². The predicted octanol–water partition coefficient (Wildman–Crippen LogP) is 0.314. The lowest BCUT2D eigenvalue weighted by Gasteiger charge is -2.20. The van der Waals surface area contributed by atoms with E-state index in [2.05, 4.69) is 10.6 Å². The van der Waals surface area contributed by atoms with Gasteiger partial charge in [0.2, 0.25) is 5.91 Å². The maximum atomic E-state index is 11.8. The minimum absolute atomic E-state index is 0.0419. The predicted molar refractivity (Wildman–Crippen MR) is 69.7 cm³/mol. The van der Waals surface area contributed by atoms with Gasteiger partial charge in [0.25, 0.3) is 0 Å². The van der Waals surface area contributed by atoms with Crippen molar-refractivity contribution in [1.82, 2.24) is 10.6 Å². The third-order valence-electron chi connectivity index (χ3n) is 2.50. The Balaban J connectivity index is 4.13. The number of nitrogens with one attached hydrogen (secondary N) is 2. The molecule has 17 heavy (non-hydrogen) atoms. The molecule has 1 atom stereocenters. The molecule has 0 aromatic heterocycles. The van der Waals surface area contributed by atoms with Crippen molar-refractivity contribution in [2.45, 2.75) is 45.4 Å². The normalized spacial score (nSPS) is 14.4. The monoisotopic (exact) mass is 264 g/mol. The molecule has 0 bridgehead atoms. The fourth-order valence-electron chi connectivity index (χ4n) is 1.14. The third kappa shape index (κ3) is 5.50. The van der Waals surface area contributed by atoms with Crippen molar-refractivity contribution in [1.29, 1.82) is 0 Å². The third-order valence-corrected chi connectivity index (χ3v) is 5.11. The molecule has 0 fully saturated rings. The molecular formula is C11H24N2O3S. The summed E-state index contributed by atoms with van der Waals surface area (Å²) in [7, 11) is -3.13. The Morgan fingerprint density at radius 2 is 1.82 bits per heavy atom. The van der Waals surface area contributed by atoms with Crippen LogP contribution in [-0.4, -0.2) is 44.0 Å². The van der Waals surface area contributed by atoms with Crippen LogP contribution in [0, 0.1) is 0 Å². The van der Waals surface area contributed by atoms with E-state index in [9.17, 15) is 13.2 Å². The van der Waals surface area contributed by atoms with Gasteiger partial charge in [-0.05, 0) is 34.6 Å². The second-order valence-electron chi connectivity index (χ2n) is 5.00. The molecule has 2 N–H and O–H groups in total. The number of likely N-dealkylation sites (N-methyl/N-ethyl adjacent to an activating group) is 1. The zero-order valence-electron chi connectivity index (χ0n) is 11.3. The van der Waals surface area contributed by atoms with E-state index in [-0.39, 0.29) is 24.2 Å². The molecule has 102 valence electrons. The van der Waals surface area contributed by atoms with Crippen LogP contribution in [0.2, 0.25) is 0 Å². The molecule has 0 aromatic rings. The van der Waals surface area contributed by atoms with E-state index >= 15 is 0 Å². The molecule has 0 spiro atoms. The Morgan fingerprint density at radius 3 is 2.24 bits per heavy atom. The number of carbonyl (C=O) groups excluding carboxylic acids is 1. The Labute approximate surface area is 104 Å². The van der Waals surface area contributed by atoms with Gasteiger partial charge in [-0.2, -0.15) is 0 Å². The maximum absolute atomic E-state index is 11.8. The van der Waals surface area contributed by atoms with E-state index in [0.717, 1.165) is 0 Å². The van der Waals surface area contributed by atoms with Crippen LogP contribution in [0.3, 0.4) is 0 Å². The minimum Gasteiger partial charge on any atom is -0.355 e. The summed E-state index contributed by atoms with van der Waals surface area (Å²) in [6.45, 7) is 9.45. The number of hydrogen-bond acceptors (Lipinski definition) is 4. The highest BCUT2D eigenvalue weighted by Crippen LogP contribution is 2.15. The zero-order chi connectivity index (χ0) is 13.7. The summed E-state index contributed by atoms with van der Waals surface area (Å²) in [6.07, 6.45) is 0. The van der Waals surface area contributed by atoms with E-state index in [1.165, 1.54) is 0 Å². The molecule has 1 amide bonds. The van der Waals surface area contributed by atoms with Crippen molar-refractivity contribution in [2.24, 2.45) is 0 Å². The van der Waals surface area contributed by atoms with Gasteiger partial charge < -0.3 is 10.6 Å². The number of carbonyl (C=O) groups is 1. The van der Waals surface area contributed by atoms with Gasteiger partial charge in [-0.25, -0.2) is 8.42 Å². The smallest absolute Gasteiger partial charge is 0.236 e. The molecule has 1 unspecified atom stereocenters. The number of sulfone groups is 1. The van der Waals surface area contributed by atoms with Crippen LogP contribution in [0.4, 0.5) is 0 Å². The molecule has 0 aromatic carbocycles. The summed E-state index contributed by atoms with van der Waals surface area (Å²) < 4.78 is 22.8. The molecule has 0 rings (SSSR count). The van der Waals surface area contributed by atoms with Crippen LogP contribution >= 0.6 is 0 Å². The molecule has 5 nitrogen and oxygen atoms in total. The van der Waals surface area contributed by atoms with Crippen LogP contribution in [0.1, 0.15) is 34.6 Å². The van der Waals surface area contributed by atoms with Gasteiger partial charge in [-0.1, -0.05) is 0 Å². The first-order valence-corrected chi connectivity index (χ1v) is 7.50. The van der Waals surface area contributed by atoms with Gasteiger partial charge in [0.1, 0.15) is 0 Å². The molecule has 0 saturated heterocycles. The Hall–Kier alpha value is -0.620. The highest BCUT2D eigenvalue weighted by Gasteiger charge is 2.28. The summed E-state index contributed by atoms with van der Waals surface area (Å²) in [5.74, 6) is -0.0686. The lowest BCUT2D eigenvalue weighted by atomic mass is 10.3. The average molecular weight is 264 g/mol. The van der Waals surface area contributed by atoms with Crippen molar-refractivity contribution in [3.63, 3.8) is 0 Å². The second kappa shape index (κ2) is 6.35. The first-order valence-electron chi connectivity index (χ1n) is 5.85. The number of hydrogen-bond donors (Lipinski definition) is 2. The Bertz CT molecular complexity index is 344. The molecule has 6 heteroatoms. The lowest BCUT2D eigenvalue weighted by Crippen LogP contribution is -2.44. The topological polar surface area (TPSA) is 75.3 Å². The van der Waals surface area contributed by atoms with E-state index in [1.807, 2.05) is 6.92 Å². The van der Waals surface area contributed by atoms with Crippen LogP contribution in [-0.2, 0) is 14.6 Å². The fourth-order valence-corrected chi connectivity index (χ4v) is 2.13. The first-order chi connectivity index (χ1) is 7.62. The maximum Gasteiger partial charge on any atom is 0.236 e. The van der Waals surface area contributed by atoms with Crippen LogP contribution in [0.5, 0.6) is 0 Å². The van der Waals surface area contributed by atoms with Crippen molar-refractivity contribution in [2.75, 3.05) is 18.8 Å². The van der Waals surface area contributed by atoms with Crippen LogP contribution in [0.15, 0.2) is 0 Å². The summed E-state index contributed by atoms with van der Waals surface area (Å²) in [6, 6.07) is -0.370. The summed E-state index contributed by atoms with van der Waals surface area (Å²) >= 11 is 0.